The molecule has 0 amide bonds. The number of hydrogen-bond donors (Lipinski definition) is 0. The van der Waals surface area contributed by atoms with Crippen LogP contribution in [-0.4, -0.2) is 170 Å². The molecular weight excluding hydrogens is 1480 g/mol. The minimum Gasteiger partial charge on any atom is -0.457 e. The molecule has 0 aromatic heterocycles. The van der Waals surface area contributed by atoms with Crippen LogP contribution < -0.4 is 4.74 Å². The van der Waals surface area contributed by atoms with Gasteiger partial charge < -0.3 is 57.8 Å². The van der Waals surface area contributed by atoms with Gasteiger partial charge in [-0.25, -0.2) is 0 Å². The zero-order valence-corrected chi connectivity index (χ0v) is 76.1. The molecule has 0 spiro atoms. The number of ether oxygens (including phenoxy) is 7. The topological polar surface area (TPSA) is 205 Å². The summed E-state index contributed by atoms with van der Waals surface area (Å²) >= 11 is 0. The highest BCUT2D eigenvalue weighted by molar-refractivity contribution is 6.92. The zero-order valence-electron chi connectivity index (χ0n) is 69.1. The Morgan fingerprint density at radius 2 is 0.630 bits per heavy atom. The minimum atomic E-state index is -2.11. The van der Waals surface area contributed by atoms with Crippen LogP contribution in [0.3, 0.4) is 0 Å². The molecule has 614 valence electrons. The third kappa shape index (κ3) is 40.2. The molecular formula is C83H146O18Si7. The van der Waals surface area contributed by atoms with Crippen LogP contribution in [-0.2, 0) is 58.5 Å². The minimum absolute atomic E-state index is 0. The summed E-state index contributed by atoms with van der Waals surface area (Å²) in [5.74, 6) is 2.47. The Morgan fingerprint density at radius 3 is 0.824 bits per heavy atom. The SMILES string of the molecule is C.C.C.C.CC(=O)c1cc(C(C)=O)cc(C(C)=O)c1.CC(=O)c1ccc(Oc2ccc(C(C)=O)cc2)cc1.COC1CC2CC1CC2OC.COCC(COC)(COC)COC.C[Si](C)(C)O[Si](C)(C)O[Si](C)(C)C.C[Si]1(C)O[Si](C)(C)O[Si](C)(C)O[Si](C)(C)O1.Cc1ccc(C(C)(C)c2ccc(C)cc2)cc1. The van der Waals surface area contributed by atoms with E-state index < -0.39 is 59.4 Å². The van der Waals surface area contributed by atoms with E-state index >= 15 is 0 Å². The van der Waals surface area contributed by atoms with Crippen LogP contribution in [0.5, 0.6) is 11.5 Å². The van der Waals surface area contributed by atoms with Gasteiger partial charge in [0.15, 0.2) is 45.6 Å². The van der Waals surface area contributed by atoms with Gasteiger partial charge in [0.1, 0.15) is 11.5 Å². The van der Waals surface area contributed by atoms with E-state index in [9.17, 15) is 24.0 Å². The summed E-state index contributed by atoms with van der Waals surface area (Å²) in [7, 11) is -2.86. The maximum absolute atomic E-state index is 11.2. The number of Topliss-reactive ketones (excluding diaryl/α,β-unsaturated/α-hetero) is 5. The summed E-state index contributed by atoms with van der Waals surface area (Å²) in [4.78, 5) is 55.8. The molecule has 2 bridgehead atoms. The monoisotopic (exact) mass is 1630 g/mol. The molecule has 0 radical (unpaired) electrons. The number of rotatable bonds is 23. The van der Waals surface area contributed by atoms with E-state index in [1.165, 1.54) is 94.3 Å². The van der Waals surface area contributed by atoms with Gasteiger partial charge >= 0.3 is 42.8 Å². The number of benzene rings is 5. The third-order valence-corrected chi connectivity index (χ3v) is 41.2. The number of aryl methyl sites for hydroxylation is 2. The molecule has 5 aromatic carbocycles. The Labute approximate surface area is 662 Å². The van der Waals surface area contributed by atoms with Crippen LogP contribution in [0.4, 0.5) is 0 Å². The van der Waals surface area contributed by atoms with Gasteiger partial charge in [0.25, 0.3) is 0 Å². The van der Waals surface area contributed by atoms with Crippen LogP contribution in [0, 0.1) is 31.1 Å². The molecule has 1 saturated heterocycles. The summed E-state index contributed by atoms with van der Waals surface area (Å²) in [6.45, 7) is 52.6. The lowest BCUT2D eigenvalue weighted by Crippen LogP contribution is -2.64. The normalized spacial score (nSPS) is 17.8. The number of carbonyl (C=O) groups is 5. The molecule has 18 nitrogen and oxygen atoms in total. The molecule has 108 heavy (non-hydrogen) atoms. The molecule has 2 aliphatic carbocycles. The Kier molecular flexibility index (Phi) is 47.5. The van der Waals surface area contributed by atoms with Crippen LogP contribution in [0.1, 0.15) is 171 Å². The number of ketones is 5. The van der Waals surface area contributed by atoms with Gasteiger partial charge in [-0.05, 0) is 262 Å². The van der Waals surface area contributed by atoms with Crippen molar-refractivity contribution >= 4 is 88.4 Å². The summed E-state index contributed by atoms with van der Waals surface area (Å²) in [5.41, 5.74) is 7.74. The maximum Gasteiger partial charge on any atom is 0.314 e. The second-order valence-electron chi connectivity index (χ2n) is 31.9. The lowest BCUT2D eigenvalue weighted by atomic mass is 9.78. The Hall–Kier alpha value is -4.71. The van der Waals surface area contributed by atoms with E-state index in [1.54, 1.807) is 77.0 Å². The molecule has 4 unspecified atom stereocenters. The molecule has 5 aromatic rings. The molecule has 3 fully saturated rings. The fraction of sp³-hybridized carbons (Fsp3) is 0.578. The van der Waals surface area contributed by atoms with Crippen molar-refractivity contribution in [1.82, 2.24) is 0 Å². The van der Waals surface area contributed by atoms with Crippen molar-refractivity contribution in [2.45, 2.75) is 234 Å². The zero-order chi connectivity index (χ0) is 79.6. The first kappa shape index (κ1) is 107. The maximum atomic E-state index is 11.2. The van der Waals surface area contributed by atoms with E-state index in [2.05, 4.69) is 181 Å². The summed E-state index contributed by atoms with van der Waals surface area (Å²) in [6, 6.07) is 36.1. The van der Waals surface area contributed by atoms with Gasteiger partial charge in [0.2, 0.25) is 0 Å². The van der Waals surface area contributed by atoms with Gasteiger partial charge in [-0.2, -0.15) is 0 Å². The largest absolute Gasteiger partial charge is 0.457 e. The summed E-state index contributed by atoms with van der Waals surface area (Å²) in [6.07, 6.45) is 4.84. The highest BCUT2D eigenvalue weighted by Crippen LogP contribution is 2.47. The van der Waals surface area contributed by atoms with Crippen molar-refractivity contribution in [2.24, 2.45) is 17.3 Å². The first-order chi connectivity index (χ1) is 47.8. The van der Waals surface area contributed by atoms with Crippen molar-refractivity contribution in [3.05, 3.63) is 165 Å². The molecule has 1 aliphatic heterocycles. The fourth-order valence-corrected chi connectivity index (χ4v) is 46.6. The fourth-order valence-electron chi connectivity index (χ4n) is 13.2. The number of methoxy groups -OCH3 is 6. The molecule has 8 rings (SSSR count). The van der Waals surface area contributed by atoms with Crippen LogP contribution in [0.2, 0.25) is 105 Å². The van der Waals surface area contributed by atoms with Crippen molar-refractivity contribution < 1.29 is 81.8 Å². The molecule has 2 saturated carbocycles. The van der Waals surface area contributed by atoms with Crippen LogP contribution in [0.25, 0.3) is 0 Å². The average molecular weight is 1630 g/mol. The average Bonchev–Trinajstić information content (AvgIpc) is 1.50. The Balaban J connectivity index is -0.00000119. The standard InChI is InChI=1S/C17H20.C16H14O3.C12H12O3.C9H20O4.C9H16O2.C8H24O4Si4.C8H24O2Si3.4CH4/c1-13-5-9-15(10-6-13)17(3,4)16-11-7-14(2)8-12-16;1-11(17)13-3-7-15(8-4-13)19-16-9-5-14(6-10-16)12(2)18;1-7(13)10-4-11(8(2)14)6-12(5-10)9(3)15;1-10-5-9(6-11-2,7-12-3)8-13-4;1-10-8-4-7-3-6(8)5-9(7)11-2;1-13(2)9-14(3,4)11-16(7,8)12-15(5,6)10-13;1-11(2,3)9-13(7,8)10-12(4,5)6;;;;/h5-12H,1-4H3;3-10H,1-2H3;4-6H,1-3H3;5-8H2,1-4H3;6-9H,3-5H2,1-2H3;1-8H3;1-8H3;4*1H4. The van der Waals surface area contributed by atoms with Gasteiger partial charge in [0.05, 0.1) is 44.1 Å². The predicted octanol–water partition coefficient (Wildman–Crippen LogP) is 21.6. The van der Waals surface area contributed by atoms with Gasteiger partial charge in [0, 0.05) is 75.9 Å². The van der Waals surface area contributed by atoms with Gasteiger partial charge in [-0.15, -0.1) is 0 Å². The number of carbonyl (C=O) groups excluding carboxylic acids is 5. The molecule has 1 heterocycles. The first-order valence-corrected chi connectivity index (χ1v) is 56.7. The van der Waals surface area contributed by atoms with E-state index in [0.29, 0.717) is 78.0 Å². The number of fused-ring (bicyclic) bond motifs is 2. The first-order valence-electron chi connectivity index (χ1n) is 35.8. The smallest absolute Gasteiger partial charge is 0.314 e. The van der Waals surface area contributed by atoms with Gasteiger partial charge in [-0.1, -0.05) is 103 Å². The lowest BCUT2D eigenvalue weighted by Gasteiger charge is -2.46. The highest BCUT2D eigenvalue weighted by Gasteiger charge is 2.51. The second-order valence-corrected chi connectivity index (χ2v) is 59.3. The lowest BCUT2D eigenvalue weighted by molar-refractivity contribution is -0.0760. The van der Waals surface area contributed by atoms with E-state index in [0.717, 1.165) is 11.8 Å². The quantitative estimate of drug-likeness (QED) is 0.0440. The third-order valence-electron chi connectivity index (χ3n) is 16.7. The summed E-state index contributed by atoms with van der Waals surface area (Å²) < 4.78 is 73.7. The van der Waals surface area contributed by atoms with Crippen LogP contribution >= 0.6 is 0 Å². The van der Waals surface area contributed by atoms with Crippen molar-refractivity contribution in [3.63, 3.8) is 0 Å². The van der Waals surface area contributed by atoms with Gasteiger partial charge in [-0.3, -0.25) is 24.0 Å². The summed E-state index contributed by atoms with van der Waals surface area (Å²) in [5, 5.41) is 0. The molecule has 25 heteroatoms. The van der Waals surface area contributed by atoms with Crippen molar-refractivity contribution in [3.8, 4) is 11.5 Å². The van der Waals surface area contributed by atoms with E-state index in [4.69, 9.17) is 57.8 Å². The molecule has 3 aliphatic rings. The Morgan fingerprint density at radius 1 is 0.389 bits per heavy atom. The van der Waals surface area contributed by atoms with E-state index in [-0.39, 0.29) is 69.5 Å². The Bertz CT molecular complexity index is 3140. The molecule has 0 N–H and O–H groups in total. The second kappa shape index (κ2) is 47.7. The predicted molar refractivity (Wildman–Crippen MR) is 464 cm³/mol. The highest BCUT2D eigenvalue weighted by atomic mass is 28.5. The van der Waals surface area contributed by atoms with Crippen molar-refractivity contribution in [2.75, 3.05) is 69.1 Å². The van der Waals surface area contributed by atoms with Crippen molar-refractivity contribution in [1.29, 1.82) is 0 Å². The van der Waals surface area contributed by atoms with E-state index in [1.807, 2.05) is 14.2 Å². The molecule has 4 atom stereocenters. The van der Waals surface area contributed by atoms with Crippen LogP contribution in [0.15, 0.2) is 115 Å². The number of hydrogen-bond acceptors (Lipinski definition) is 18.